The van der Waals surface area contributed by atoms with Crippen molar-refractivity contribution >= 4 is 30.4 Å². The van der Waals surface area contributed by atoms with E-state index in [1.54, 1.807) is 0 Å². The smallest absolute Gasteiger partial charge is 0.0767 e. The van der Waals surface area contributed by atoms with E-state index >= 15 is 0 Å². The maximum Gasteiger partial charge on any atom is 0.0767 e. The van der Waals surface area contributed by atoms with Crippen molar-refractivity contribution in [3.8, 4) is 0 Å². The maximum absolute atomic E-state index is 9.82. The van der Waals surface area contributed by atoms with Crippen LogP contribution in [0, 0.1) is 0 Å². The number of halogens is 2. The number of allylic oxidation sites excluding steroid dienone is 2. The van der Waals surface area contributed by atoms with Gasteiger partial charge in [0.2, 0.25) is 0 Å². The van der Waals surface area contributed by atoms with Crippen LogP contribution in [0.2, 0.25) is 0 Å². The third kappa shape index (κ3) is 6.27. The zero-order valence-electron chi connectivity index (χ0n) is 12.7. The Morgan fingerprint density at radius 1 is 1.19 bits per heavy atom. The maximum atomic E-state index is 9.82. The van der Waals surface area contributed by atoms with E-state index in [9.17, 15) is 5.11 Å². The predicted molar refractivity (Wildman–Crippen MR) is 90.8 cm³/mol. The molecule has 0 amide bonds. The minimum absolute atomic E-state index is 0. The van der Waals surface area contributed by atoms with Gasteiger partial charge < -0.3 is 10.0 Å². The molecule has 1 atom stereocenters. The minimum atomic E-state index is -0.417. The number of benzene rings is 1. The molecule has 0 bridgehead atoms. The number of aliphatic hydroxyl groups is 1. The molecule has 2 nitrogen and oxygen atoms in total. The van der Waals surface area contributed by atoms with Gasteiger partial charge in [-0.25, -0.2) is 0 Å². The number of hydrogen-bond acceptors (Lipinski definition) is 2. The van der Waals surface area contributed by atoms with Crippen molar-refractivity contribution in [2.24, 2.45) is 0 Å². The van der Waals surface area contributed by atoms with Crippen LogP contribution in [0.3, 0.4) is 0 Å². The Morgan fingerprint density at radius 2 is 1.81 bits per heavy atom. The van der Waals surface area contributed by atoms with Crippen molar-refractivity contribution in [2.75, 3.05) is 20.6 Å². The monoisotopic (exact) mass is 363 g/mol. The second kappa shape index (κ2) is 10.6. The second-order valence-corrected chi connectivity index (χ2v) is 5.15. The van der Waals surface area contributed by atoms with Crippen LogP contribution in [0.15, 0.2) is 42.0 Å². The number of likely N-dealkylation sites (N-methyl/N-ethyl adjacent to an activating group) is 1. The molecule has 1 aliphatic rings. The molecule has 0 heterocycles. The average Bonchev–Trinajstić information content (AvgIpc) is 2.76. The summed E-state index contributed by atoms with van der Waals surface area (Å²) in [6.07, 6.45) is 5.07. The van der Waals surface area contributed by atoms with E-state index in [-0.39, 0.29) is 46.5 Å². The van der Waals surface area contributed by atoms with Gasteiger partial charge in [-0.3, -0.25) is 0 Å². The Hall–Kier alpha value is -0.0857. The first-order valence-electron chi connectivity index (χ1n) is 6.39. The van der Waals surface area contributed by atoms with Gasteiger partial charge >= 0.3 is 0 Å². The summed E-state index contributed by atoms with van der Waals surface area (Å²) in [6.45, 7) is 2.79. The molecule has 21 heavy (non-hydrogen) atoms. The van der Waals surface area contributed by atoms with Crippen molar-refractivity contribution in [1.29, 1.82) is 0 Å². The van der Waals surface area contributed by atoms with Gasteiger partial charge in [-0.05, 0) is 49.7 Å². The average molecular weight is 364 g/mol. The van der Waals surface area contributed by atoms with Crippen LogP contribution in [0.1, 0.15) is 30.6 Å². The van der Waals surface area contributed by atoms with E-state index in [2.05, 4.69) is 37.2 Å². The molecule has 116 valence electrons. The third-order valence-corrected chi connectivity index (χ3v) is 3.20. The molecule has 1 aromatic rings. The van der Waals surface area contributed by atoms with Gasteiger partial charge in [-0.15, -0.1) is 24.8 Å². The molecule has 0 aromatic heterocycles. The molecular weight excluding hydrogens is 341 g/mol. The predicted octanol–water partition coefficient (Wildman–Crippen LogP) is 3.86. The fraction of sp³-hybridized carbons (Fsp3) is 0.375. The van der Waals surface area contributed by atoms with Gasteiger partial charge in [0.15, 0.2) is 0 Å². The molecule has 1 aromatic carbocycles. The largest absolute Gasteiger partial charge is 0.389 e. The van der Waals surface area contributed by atoms with Crippen molar-refractivity contribution in [1.82, 2.24) is 4.90 Å². The summed E-state index contributed by atoms with van der Waals surface area (Å²) in [4.78, 5) is 2.17. The second-order valence-electron chi connectivity index (χ2n) is 5.15. The zero-order valence-corrected chi connectivity index (χ0v) is 15.9. The SMILES string of the molecule is CC(O)c1ccccc1C1=CC(CN(C)C)=CC1.Cl.Cl.[Ti]. The molecule has 0 spiro atoms. The fourth-order valence-corrected chi connectivity index (χ4v) is 2.40. The Morgan fingerprint density at radius 3 is 2.38 bits per heavy atom. The molecule has 0 aliphatic heterocycles. The van der Waals surface area contributed by atoms with Crippen LogP contribution >= 0.6 is 24.8 Å². The standard InChI is InChI=1S/C16H21NO.2ClH.Ti/c1-12(18)15-6-4-5-7-16(15)14-9-8-13(10-14)11-17(2)3;;;/h4-8,10,12,18H,9,11H2,1-3H3;2*1H;. The molecule has 1 unspecified atom stereocenters. The molecule has 2 rings (SSSR count). The van der Waals surface area contributed by atoms with Crippen LogP contribution < -0.4 is 0 Å². The van der Waals surface area contributed by atoms with Gasteiger partial charge in [0.1, 0.15) is 0 Å². The molecule has 1 N–H and O–H groups in total. The number of aliphatic hydroxyl groups excluding tert-OH is 1. The Bertz CT molecular complexity index is 499. The third-order valence-electron chi connectivity index (χ3n) is 3.20. The molecule has 0 fully saturated rings. The van der Waals surface area contributed by atoms with Crippen molar-refractivity contribution in [2.45, 2.75) is 19.4 Å². The van der Waals surface area contributed by atoms with Crippen LogP contribution in [-0.2, 0) is 21.7 Å². The summed E-state index contributed by atoms with van der Waals surface area (Å²) in [6, 6.07) is 8.12. The van der Waals surface area contributed by atoms with E-state index in [0.717, 1.165) is 18.5 Å². The van der Waals surface area contributed by atoms with Crippen LogP contribution in [-0.4, -0.2) is 30.6 Å². The summed E-state index contributed by atoms with van der Waals surface area (Å²) >= 11 is 0. The molecule has 0 radical (unpaired) electrons. The fourth-order valence-electron chi connectivity index (χ4n) is 2.40. The molecule has 0 saturated carbocycles. The van der Waals surface area contributed by atoms with Gasteiger partial charge in [-0.2, -0.15) is 0 Å². The van der Waals surface area contributed by atoms with E-state index in [1.165, 1.54) is 16.7 Å². The van der Waals surface area contributed by atoms with Gasteiger partial charge in [0, 0.05) is 28.3 Å². The number of nitrogens with zero attached hydrogens (tertiary/aromatic N) is 1. The topological polar surface area (TPSA) is 23.5 Å². The quantitative estimate of drug-likeness (QED) is 0.821. The Balaban J connectivity index is 0. The van der Waals surface area contributed by atoms with Crippen molar-refractivity contribution < 1.29 is 26.8 Å². The van der Waals surface area contributed by atoms with Gasteiger partial charge in [-0.1, -0.05) is 36.4 Å². The van der Waals surface area contributed by atoms with Gasteiger partial charge in [0.05, 0.1) is 6.10 Å². The van der Waals surface area contributed by atoms with Crippen LogP contribution in [0.25, 0.3) is 5.57 Å². The summed E-state index contributed by atoms with van der Waals surface area (Å²) in [5.41, 5.74) is 4.86. The summed E-state index contributed by atoms with van der Waals surface area (Å²) < 4.78 is 0. The first-order valence-corrected chi connectivity index (χ1v) is 6.39. The minimum Gasteiger partial charge on any atom is -0.389 e. The first-order chi connectivity index (χ1) is 8.58. The van der Waals surface area contributed by atoms with Crippen LogP contribution in [0.5, 0.6) is 0 Å². The Kier molecular flexibility index (Phi) is 11.7. The normalized spacial score (nSPS) is 14.3. The van der Waals surface area contributed by atoms with E-state index in [0.29, 0.717) is 0 Å². The van der Waals surface area contributed by atoms with Crippen LogP contribution in [0.4, 0.5) is 0 Å². The molecule has 1 aliphatic carbocycles. The van der Waals surface area contributed by atoms with Crippen molar-refractivity contribution in [3.63, 3.8) is 0 Å². The number of rotatable bonds is 4. The van der Waals surface area contributed by atoms with Gasteiger partial charge in [0.25, 0.3) is 0 Å². The molecule has 5 heteroatoms. The number of hydrogen-bond donors (Lipinski definition) is 1. The van der Waals surface area contributed by atoms with E-state index in [1.807, 2.05) is 25.1 Å². The zero-order chi connectivity index (χ0) is 13.1. The molecular formula is C16H23Cl2NOTi. The van der Waals surface area contributed by atoms with Crippen molar-refractivity contribution in [3.05, 3.63) is 53.1 Å². The van der Waals surface area contributed by atoms with E-state index < -0.39 is 6.10 Å². The Labute approximate surface area is 155 Å². The summed E-state index contributed by atoms with van der Waals surface area (Å²) in [5.74, 6) is 0. The van der Waals surface area contributed by atoms with E-state index in [4.69, 9.17) is 0 Å². The molecule has 0 saturated heterocycles. The summed E-state index contributed by atoms with van der Waals surface area (Å²) in [5, 5.41) is 9.82. The first kappa shape index (κ1) is 23.2. The summed E-state index contributed by atoms with van der Waals surface area (Å²) in [7, 11) is 4.16.